The third kappa shape index (κ3) is 37.3. The molecule has 77 heavy (non-hydrogen) atoms. The molecule has 0 aliphatic carbocycles. The van der Waals surface area contributed by atoms with E-state index in [0.29, 0.717) is 26.4 Å². The van der Waals surface area contributed by atoms with Crippen molar-refractivity contribution in [1.82, 2.24) is 31.9 Å². The molecule has 0 rings (SSSR count). The Kier molecular flexibility index (Phi) is 32.5. The summed E-state index contributed by atoms with van der Waals surface area (Å²) >= 11 is 0. The van der Waals surface area contributed by atoms with Gasteiger partial charge in [0.05, 0.1) is 72.1 Å². The molecule has 0 aromatic carbocycles. The Morgan fingerprint density at radius 1 is 0.455 bits per heavy atom. The average molecular weight is 1100 g/mol. The SMILES string of the molecule is CC(C)[C@H](NC(=O)[C@H](CCC(=O)OC(C)(C)C)NC(=O)[C@H](CC(=O)OC(C)(C)C)NC(=O)CN=[N+]=[N-])C(=O)N[C@@H](CC(=O)OC(C)(C)C)C(=O)N[C@@H](C)C(=O)NCCOCCOCCOCCOCCC(=O)OC(C)(C)C. The fraction of sp³-hybridized carbons (Fsp3) is 0.800. The largest absolute Gasteiger partial charge is 0.460 e. The van der Waals surface area contributed by atoms with Crippen LogP contribution in [0.2, 0.25) is 0 Å². The van der Waals surface area contributed by atoms with E-state index in [1.54, 1.807) is 96.9 Å². The summed E-state index contributed by atoms with van der Waals surface area (Å²) in [6, 6.07) is -7.59. The van der Waals surface area contributed by atoms with Crippen LogP contribution >= 0.6 is 0 Å². The number of azide groups is 1. The first-order chi connectivity index (χ1) is 35.5. The highest BCUT2D eigenvalue weighted by atomic mass is 16.6. The van der Waals surface area contributed by atoms with E-state index in [1.165, 1.54) is 6.92 Å². The number of amides is 6. The molecule has 6 amide bonds. The highest BCUT2D eigenvalue weighted by Crippen LogP contribution is 2.15. The van der Waals surface area contributed by atoms with Gasteiger partial charge in [-0.05, 0) is 108 Å². The average Bonchev–Trinajstić information content (AvgIpc) is 3.26. The van der Waals surface area contributed by atoms with Crippen LogP contribution < -0.4 is 31.9 Å². The minimum Gasteiger partial charge on any atom is -0.460 e. The highest BCUT2D eigenvalue weighted by molar-refractivity contribution is 5.98. The second kappa shape index (κ2) is 35.3. The van der Waals surface area contributed by atoms with Crippen molar-refractivity contribution in [2.45, 2.75) is 189 Å². The van der Waals surface area contributed by atoms with E-state index < -0.39 is 144 Å². The van der Waals surface area contributed by atoms with Crippen molar-refractivity contribution in [3.05, 3.63) is 10.4 Å². The third-order valence-electron chi connectivity index (χ3n) is 9.37. The number of ether oxygens (including phenoxy) is 8. The number of hydrogen-bond acceptors (Lipinski definition) is 19. The lowest BCUT2D eigenvalue weighted by atomic mass is 10.0. The van der Waals surface area contributed by atoms with Crippen LogP contribution in [0, 0.1) is 5.92 Å². The van der Waals surface area contributed by atoms with Crippen LogP contribution in [0.4, 0.5) is 0 Å². The van der Waals surface area contributed by atoms with Crippen LogP contribution in [-0.2, 0) is 85.8 Å². The molecule has 0 aliphatic rings. The molecular weight excluding hydrogens is 1010 g/mol. The fourth-order valence-corrected chi connectivity index (χ4v) is 6.19. The zero-order valence-electron chi connectivity index (χ0n) is 47.8. The third-order valence-corrected chi connectivity index (χ3v) is 9.37. The van der Waals surface area contributed by atoms with Crippen molar-refractivity contribution in [3.8, 4) is 0 Å². The summed E-state index contributed by atoms with van der Waals surface area (Å²) in [6.45, 7) is 25.5. The van der Waals surface area contributed by atoms with E-state index in [2.05, 4.69) is 41.9 Å². The summed E-state index contributed by atoms with van der Waals surface area (Å²) in [7, 11) is 0. The van der Waals surface area contributed by atoms with E-state index in [4.69, 9.17) is 43.4 Å². The smallest absolute Gasteiger partial charge is 0.308 e. The molecule has 0 bridgehead atoms. The first kappa shape index (κ1) is 70.8. The number of nitrogens with one attached hydrogen (secondary N) is 6. The van der Waals surface area contributed by atoms with Gasteiger partial charge in [-0.25, -0.2) is 0 Å². The van der Waals surface area contributed by atoms with E-state index >= 15 is 0 Å². The molecule has 440 valence electrons. The molecule has 27 heteroatoms. The van der Waals surface area contributed by atoms with Gasteiger partial charge in [0.1, 0.15) is 59.2 Å². The zero-order valence-corrected chi connectivity index (χ0v) is 47.8. The minimum absolute atomic E-state index is 0.0552. The maximum absolute atomic E-state index is 14.1. The Bertz CT molecular complexity index is 1990. The van der Waals surface area contributed by atoms with Gasteiger partial charge < -0.3 is 69.8 Å². The van der Waals surface area contributed by atoms with E-state index in [9.17, 15) is 47.9 Å². The molecule has 0 aromatic heterocycles. The molecule has 0 fully saturated rings. The molecule has 5 atom stereocenters. The second-order valence-electron chi connectivity index (χ2n) is 21.9. The molecule has 0 radical (unpaired) electrons. The number of carbonyl (C=O) groups excluding carboxylic acids is 10. The van der Waals surface area contributed by atoms with Gasteiger partial charge in [-0.3, -0.25) is 47.9 Å². The fourth-order valence-electron chi connectivity index (χ4n) is 6.19. The Labute approximate surface area is 452 Å². The molecule has 6 N–H and O–H groups in total. The summed E-state index contributed by atoms with van der Waals surface area (Å²) in [5.41, 5.74) is 5.23. The maximum atomic E-state index is 14.1. The standard InChI is InChI=1S/C50H87N9O18/c1-31(2)41(58-43(66)33(16-17-37(61)74-47(4,5)6)56-45(68)34(55-36(60)30-53-59-51)28-39(63)76-49(10,11)12)46(69)57-35(29-40(64)77-50(13,14)15)44(67)54-32(3)42(65)52-19-21-71-23-25-73-27-26-72-24-22-70-20-18-38(62)75-48(7,8)9/h31-35,41H,16-30H2,1-15H3,(H,52,65)(H,54,67)(H,55,60)(H,56,68)(H,57,69)(H,58,66)/t32-,33-,34-,35-,41-/m0/s1. The van der Waals surface area contributed by atoms with Crippen molar-refractivity contribution in [1.29, 1.82) is 0 Å². The van der Waals surface area contributed by atoms with Gasteiger partial charge in [0.15, 0.2) is 0 Å². The van der Waals surface area contributed by atoms with Gasteiger partial charge >= 0.3 is 23.9 Å². The Morgan fingerprint density at radius 2 is 0.844 bits per heavy atom. The zero-order chi connectivity index (χ0) is 59.2. The van der Waals surface area contributed by atoms with Gasteiger partial charge in [-0.2, -0.15) is 0 Å². The van der Waals surface area contributed by atoms with Gasteiger partial charge in [0, 0.05) is 17.9 Å². The van der Waals surface area contributed by atoms with Gasteiger partial charge in [0.2, 0.25) is 35.4 Å². The van der Waals surface area contributed by atoms with Crippen molar-refractivity contribution >= 4 is 59.3 Å². The molecule has 0 aromatic rings. The van der Waals surface area contributed by atoms with Crippen LogP contribution in [0.3, 0.4) is 0 Å². The van der Waals surface area contributed by atoms with E-state index in [-0.39, 0.29) is 45.4 Å². The normalized spacial score (nSPS) is 13.7. The highest BCUT2D eigenvalue weighted by Gasteiger charge is 2.36. The number of rotatable bonds is 35. The maximum Gasteiger partial charge on any atom is 0.308 e. The van der Waals surface area contributed by atoms with Crippen LogP contribution in [0.1, 0.15) is 136 Å². The second-order valence-corrected chi connectivity index (χ2v) is 21.9. The quantitative estimate of drug-likeness (QED) is 0.0132. The van der Waals surface area contributed by atoms with Crippen molar-refractivity contribution in [2.24, 2.45) is 11.0 Å². The molecule has 0 unspecified atom stereocenters. The molecule has 27 nitrogen and oxygen atoms in total. The lowest BCUT2D eigenvalue weighted by Gasteiger charge is -2.29. The first-order valence-corrected chi connectivity index (χ1v) is 25.5. The molecule has 0 heterocycles. The van der Waals surface area contributed by atoms with Crippen molar-refractivity contribution in [2.75, 3.05) is 65.9 Å². The molecule has 0 spiro atoms. The van der Waals surface area contributed by atoms with Crippen LogP contribution in [0.5, 0.6) is 0 Å². The number of carbonyl (C=O) groups is 10. The van der Waals surface area contributed by atoms with Crippen molar-refractivity contribution < 1.29 is 85.8 Å². The molecule has 0 saturated heterocycles. The number of hydrogen-bond donors (Lipinski definition) is 6. The summed E-state index contributed by atoms with van der Waals surface area (Å²) in [5, 5.41) is 18.0. The Hall–Kier alpha value is -6.15. The van der Waals surface area contributed by atoms with Gasteiger partial charge in [0.25, 0.3) is 0 Å². The van der Waals surface area contributed by atoms with Crippen LogP contribution in [0.15, 0.2) is 5.11 Å². The predicted molar refractivity (Wildman–Crippen MR) is 277 cm³/mol. The summed E-state index contributed by atoms with van der Waals surface area (Å²) in [6.07, 6.45) is -2.13. The van der Waals surface area contributed by atoms with Gasteiger partial charge in [-0.15, -0.1) is 0 Å². The molecule has 0 aliphatic heterocycles. The first-order valence-electron chi connectivity index (χ1n) is 25.5. The molecular formula is C50H87N9O18. The number of esters is 4. The summed E-state index contributed by atoms with van der Waals surface area (Å²) in [4.78, 5) is 134. The lowest BCUT2D eigenvalue weighted by molar-refractivity contribution is -0.157. The Morgan fingerprint density at radius 3 is 1.30 bits per heavy atom. The van der Waals surface area contributed by atoms with Crippen LogP contribution in [-0.4, -0.2) is 178 Å². The van der Waals surface area contributed by atoms with E-state index in [1.807, 2.05) is 0 Å². The Balaban J connectivity index is 5.87. The number of nitrogens with zero attached hydrogens (tertiary/aromatic N) is 3. The van der Waals surface area contributed by atoms with E-state index in [0.717, 1.165) is 0 Å². The minimum atomic E-state index is -1.68. The summed E-state index contributed by atoms with van der Waals surface area (Å²) < 4.78 is 43.1. The summed E-state index contributed by atoms with van der Waals surface area (Å²) in [5.74, 6) is -9.20. The topological polar surface area (TPSA) is 365 Å². The van der Waals surface area contributed by atoms with Gasteiger partial charge in [-0.1, -0.05) is 19.0 Å². The monoisotopic (exact) mass is 1100 g/mol. The lowest BCUT2D eigenvalue weighted by Crippen LogP contribution is -2.60. The predicted octanol–water partition coefficient (Wildman–Crippen LogP) is 1.90. The van der Waals surface area contributed by atoms with Crippen molar-refractivity contribution in [3.63, 3.8) is 0 Å². The molecule has 0 saturated carbocycles. The van der Waals surface area contributed by atoms with Crippen LogP contribution in [0.25, 0.3) is 10.4 Å².